The molecule has 1 heterocycles. The summed E-state index contributed by atoms with van der Waals surface area (Å²) in [4.78, 5) is 2.52. The van der Waals surface area contributed by atoms with Gasteiger partial charge in [-0.05, 0) is 30.5 Å². The van der Waals surface area contributed by atoms with E-state index in [2.05, 4.69) is 48.0 Å². The molecule has 0 spiro atoms. The smallest absolute Gasteiger partial charge is 0.0427 e. The molecule has 2 fully saturated rings. The molecule has 110 valence electrons. The standard InChI is InChI=1S/C16H23ClN2S/c1-11-9-19(10-12(2)20-11)16-7-14(17)4-3-13(16)8-18-15-5-6-15/h3-4,7,11-12,15,18H,5-6,8-10H2,1-2H3. The molecule has 1 aromatic rings. The molecular formula is C16H23ClN2S. The maximum Gasteiger partial charge on any atom is 0.0427 e. The van der Waals surface area contributed by atoms with Crippen LogP contribution in [0.3, 0.4) is 0 Å². The van der Waals surface area contributed by atoms with Crippen LogP contribution in [-0.4, -0.2) is 29.6 Å². The zero-order valence-corrected chi connectivity index (χ0v) is 13.8. The molecule has 1 saturated heterocycles. The summed E-state index contributed by atoms with van der Waals surface area (Å²) in [5.41, 5.74) is 2.71. The van der Waals surface area contributed by atoms with E-state index in [1.807, 2.05) is 6.07 Å². The predicted molar refractivity (Wildman–Crippen MR) is 90.0 cm³/mol. The number of anilines is 1. The monoisotopic (exact) mass is 310 g/mol. The molecule has 2 unspecified atom stereocenters. The van der Waals surface area contributed by atoms with Gasteiger partial charge in [-0.2, -0.15) is 11.8 Å². The van der Waals surface area contributed by atoms with Crippen LogP contribution in [0.15, 0.2) is 18.2 Å². The molecule has 1 aromatic carbocycles. The molecule has 0 amide bonds. The highest BCUT2D eigenvalue weighted by atomic mass is 35.5. The highest BCUT2D eigenvalue weighted by molar-refractivity contribution is 8.00. The third-order valence-corrected chi connectivity index (χ3v) is 5.43. The van der Waals surface area contributed by atoms with Crippen molar-refractivity contribution in [1.82, 2.24) is 5.32 Å². The van der Waals surface area contributed by atoms with E-state index in [-0.39, 0.29) is 0 Å². The van der Waals surface area contributed by atoms with Crippen molar-refractivity contribution >= 4 is 29.1 Å². The summed E-state index contributed by atoms with van der Waals surface area (Å²) >= 11 is 8.32. The van der Waals surface area contributed by atoms with E-state index in [1.54, 1.807) is 0 Å². The average molecular weight is 311 g/mol. The van der Waals surface area contributed by atoms with Crippen molar-refractivity contribution in [2.24, 2.45) is 0 Å². The SMILES string of the molecule is CC1CN(c2cc(Cl)ccc2CNC2CC2)CC(C)S1. The minimum absolute atomic E-state index is 0.682. The molecule has 0 radical (unpaired) electrons. The molecule has 1 N–H and O–H groups in total. The van der Waals surface area contributed by atoms with Gasteiger partial charge in [0.1, 0.15) is 0 Å². The molecule has 2 nitrogen and oxygen atoms in total. The van der Waals surface area contributed by atoms with Crippen LogP contribution < -0.4 is 10.2 Å². The Morgan fingerprint density at radius 1 is 1.25 bits per heavy atom. The molecule has 2 aliphatic rings. The summed E-state index contributed by atoms with van der Waals surface area (Å²) in [6.07, 6.45) is 2.66. The first-order chi connectivity index (χ1) is 9.61. The van der Waals surface area contributed by atoms with E-state index in [4.69, 9.17) is 11.6 Å². The Labute approximate surface area is 131 Å². The van der Waals surface area contributed by atoms with Crippen LogP contribution in [0.5, 0.6) is 0 Å². The molecular weight excluding hydrogens is 288 g/mol. The number of halogens is 1. The van der Waals surface area contributed by atoms with Gasteiger partial charge in [0, 0.05) is 46.9 Å². The Hall–Kier alpha value is -0.380. The maximum atomic E-state index is 6.23. The summed E-state index contributed by atoms with van der Waals surface area (Å²) in [7, 11) is 0. The fourth-order valence-electron chi connectivity index (χ4n) is 2.90. The average Bonchev–Trinajstić information content (AvgIpc) is 3.20. The van der Waals surface area contributed by atoms with E-state index >= 15 is 0 Å². The first-order valence-corrected chi connectivity index (χ1v) is 8.86. The van der Waals surface area contributed by atoms with Crippen LogP contribution in [0.25, 0.3) is 0 Å². The zero-order chi connectivity index (χ0) is 14.1. The second-order valence-electron chi connectivity index (χ2n) is 6.09. The van der Waals surface area contributed by atoms with Crippen molar-refractivity contribution in [2.45, 2.75) is 49.8 Å². The quantitative estimate of drug-likeness (QED) is 0.907. The molecule has 0 aromatic heterocycles. The number of nitrogens with zero attached hydrogens (tertiary/aromatic N) is 1. The normalized spacial score (nSPS) is 26.9. The van der Waals surface area contributed by atoms with Crippen LogP contribution in [0.2, 0.25) is 5.02 Å². The highest BCUT2D eigenvalue weighted by Gasteiger charge is 2.25. The molecule has 20 heavy (non-hydrogen) atoms. The minimum Gasteiger partial charge on any atom is -0.369 e. The Bertz CT molecular complexity index is 466. The molecule has 4 heteroatoms. The lowest BCUT2D eigenvalue weighted by atomic mass is 10.1. The van der Waals surface area contributed by atoms with Crippen LogP contribution in [0, 0.1) is 0 Å². The van der Waals surface area contributed by atoms with Crippen LogP contribution in [-0.2, 0) is 6.54 Å². The topological polar surface area (TPSA) is 15.3 Å². The Morgan fingerprint density at radius 3 is 2.60 bits per heavy atom. The third kappa shape index (κ3) is 3.63. The van der Waals surface area contributed by atoms with Gasteiger partial charge in [0.05, 0.1) is 0 Å². The number of hydrogen-bond donors (Lipinski definition) is 1. The van der Waals surface area contributed by atoms with Gasteiger partial charge in [0.25, 0.3) is 0 Å². The third-order valence-electron chi connectivity index (χ3n) is 3.97. The largest absolute Gasteiger partial charge is 0.369 e. The van der Waals surface area contributed by atoms with Crippen LogP contribution in [0.4, 0.5) is 5.69 Å². The molecule has 1 saturated carbocycles. The lowest BCUT2D eigenvalue weighted by Gasteiger charge is -2.37. The van der Waals surface area contributed by atoms with Gasteiger partial charge in [-0.15, -0.1) is 0 Å². The van der Waals surface area contributed by atoms with Crippen LogP contribution in [0.1, 0.15) is 32.3 Å². The number of hydrogen-bond acceptors (Lipinski definition) is 3. The highest BCUT2D eigenvalue weighted by Crippen LogP contribution is 2.32. The second-order valence-corrected chi connectivity index (χ2v) is 8.41. The molecule has 2 atom stereocenters. The summed E-state index contributed by atoms with van der Waals surface area (Å²) in [6, 6.07) is 7.08. The number of benzene rings is 1. The molecule has 1 aliphatic heterocycles. The van der Waals surface area contributed by atoms with Crippen LogP contribution >= 0.6 is 23.4 Å². The van der Waals surface area contributed by atoms with Gasteiger partial charge < -0.3 is 10.2 Å². The van der Waals surface area contributed by atoms with Gasteiger partial charge in [-0.25, -0.2) is 0 Å². The fraction of sp³-hybridized carbons (Fsp3) is 0.625. The Kier molecular flexibility index (Phi) is 4.49. The zero-order valence-electron chi connectivity index (χ0n) is 12.2. The summed E-state index contributed by atoms with van der Waals surface area (Å²) < 4.78 is 0. The number of rotatable bonds is 4. The van der Waals surface area contributed by atoms with Gasteiger partial charge in [0.15, 0.2) is 0 Å². The van der Waals surface area contributed by atoms with Crippen molar-refractivity contribution < 1.29 is 0 Å². The van der Waals surface area contributed by atoms with Crippen molar-refractivity contribution in [3.8, 4) is 0 Å². The van der Waals surface area contributed by atoms with E-state index in [0.29, 0.717) is 10.5 Å². The summed E-state index contributed by atoms with van der Waals surface area (Å²) in [5, 5.41) is 5.83. The van der Waals surface area contributed by atoms with E-state index in [0.717, 1.165) is 30.7 Å². The summed E-state index contributed by atoms with van der Waals surface area (Å²) in [6.45, 7) is 7.83. The predicted octanol–water partition coefficient (Wildman–Crippen LogP) is 3.92. The summed E-state index contributed by atoms with van der Waals surface area (Å²) in [5.74, 6) is 0. The van der Waals surface area contributed by atoms with E-state index in [9.17, 15) is 0 Å². The first-order valence-electron chi connectivity index (χ1n) is 7.54. The minimum atomic E-state index is 0.682. The fourth-order valence-corrected chi connectivity index (χ4v) is 4.39. The second kappa shape index (κ2) is 6.17. The molecule has 1 aliphatic carbocycles. The van der Waals surface area contributed by atoms with E-state index < -0.39 is 0 Å². The molecule has 3 rings (SSSR count). The Morgan fingerprint density at radius 2 is 1.95 bits per heavy atom. The van der Waals surface area contributed by atoms with Gasteiger partial charge in [0.2, 0.25) is 0 Å². The van der Waals surface area contributed by atoms with Gasteiger partial charge >= 0.3 is 0 Å². The molecule has 0 bridgehead atoms. The van der Waals surface area contributed by atoms with Crippen molar-refractivity contribution in [3.63, 3.8) is 0 Å². The van der Waals surface area contributed by atoms with E-state index in [1.165, 1.54) is 24.1 Å². The maximum absolute atomic E-state index is 6.23. The number of thioether (sulfide) groups is 1. The van der Waals surface area contributed by atoms with Gasteiger partial charge in [-0.3, -0.25) is 0 Å². The van der Waals surface area contributed by atoms with Gasteiger partial charge in [-0.1, -0.05) is 31.5 Å². The lowest BCUT2D eigenvalue weighted by Crippen LogP contribution is -2.41. The number of nitrogens with one attached hydrogen (secondary N) is 1. The lowest BCUT2D eigenvalue weighted by molar-refractivity contribution is 0.676. The first kappa shape index (κ1) is 14.6. The van der Waals surface area contributed by atoms with Crippen molar-refractivity contribution in [2.75, 3.05) is 18.0 Å². The Balaban J connectivity index is 1.79. The van der Waals surface area contributed by atoms with Crippen molar-refractivity contribution in [3.05, 3.63) is 28.8 Å². The van der Waals surface area contributed by atoms with Crippen molar-refractivity contribution in [1.29, 1.82) is 0 Å².